The number of amides is 2. The highest BCUT2D eigenvalue weighted by Crippen LogP contribution is 2.65. The van der Waals surface area contributed by atoms with Gasteiger partial charge in [-0.15, -0.1) is 0 Å². The SMILES string of the molecule is CC(C)(C)c1ccc(B(O)O)cc1.CCOC(=O)C1C2CC(=NCS(=O)(=O)c3ccc(C)cc3)CC21.CCOC(=O)C1C2CC(=O)CC21.CCOC(=O)C1C2CC(c3ccc(C(C)(C)C)cc3)CC21.C[C@@H]1CC(=O)[C@@H](N(C)C(=O)[C@H](CCN)CC(=O)C2C3CC(c4ccc(C(C)(C)C)cc4)CC32)c2ccc(OCCN)c(c2)-c2cc(ccc2OCCN)C[C@@H](C(=O)CCC#N)NC1=O.Cc1ccc(S(=O)(=O)CN)cc1. The van der Waals surface area contributed by atoms with Crippen LogP contribution in [0.4, 0.5) is 0 Å². The molecule has 8 fully saturated rings. The Hall–Kier alpha value is -10.9. The summed E-state index contributed by atoms with van der Waals surface area (Å²) < 4.78 is 74.3. The summed E-state index contributed by atoms with van der Waals surface area (Å²) in [6.45, 7) is 33.0. The summed E-state index contributed by atoms with van der Waals surface area (Å²) in [5.74, 6) is 1.52. The number of Topliss-reactive ketones (excluding diaryl/α,β-unsaturated/α-hetero) is 4. The minimum atomic E-state index is -3.38. The maximum atomic E-state index is 14.7. The lowest BCUT2D eigenvalue weighted by atomic mass is 9.78. The van der Waals surface area contributed by atoms with E-state index in [2.05, 4.69) is 121 Å². The second-order valence-corrected chi connectivity index (χ2v) is 47.3. The van der Waals surface area contributed by atoms with Crippen molar-refractivity contribution in [2.24, 2.45) is 111 Å². The van der Waals surface area contributed by atoms with E-state index in [1.807, 2.05) is 51.1 Å². The quantitative estimate of drug-likeness (QED) is 0.0125. The molecular formula is C114H151BN8O20S2. The van der Waals surface area contributed by atoms with Gasteiger partial charge >= 0.3 is 25.0 Å². The number of esters is 3. The number of fused-ring (bicyclic) bond motifs is 9. The van der Waals surface area contributed by atoms with Gasteiger partial charge in [-0.3, -0.25) is 48.1 Å². The van der Waals surface area contributed by atoms with Gasteiger partial charge in [0.05, 0.1) is 59.5 Å². The third-order valence-corrected chi connectivity index (χ3v) is 32.7. The number of aryl methyl sites for hydroxylation is 2. The number of likely N-dealkylation sites (N-methyl/N-ethyl adjacent to an activating group) is 1. The van der Waals surface area contributed by atoms with E-state index in [9.17, 15) is 65.2 Å². The fourth-order valence-corrected chi connectivity index (χ4v) is 23.2. The van der Waals surface area contributed by atoms with Crippen molar-refractivity contribution < 1.29 is 93.7 Å². The van der Waals surface area contributed by atoms with Crippen molar-refractivity contribution in [2.75, 3.05) is 71.5 Å². The second-order valence-electron chi connectivity index (χ2n) is 43.3. The lowest BCUT2D eigenvalue weighted by molar-refractivity contribution is -0.146. The number of sulfone groups is 2. The Labute approximate surface area is 857 Å². The molecule has 8 saturated carbocycles. The smallest absolute Gasteiger partial charge is 0.488 e. The van der Waals surface area contributed by atoms with Crippen molar-refractivity contribution in [3.63, 3.8) is 0 Å². The Bertz CT molecular complexity index is 5960. The highest BCUT2D eigenvalue weighted by atomic mass is 32.2. The van der Waals surface area contributed by atoms with Crippen LogP contribution in [-0.4, -0.2) is 175 Å². The normalized spacial score (nSPS) is 24.0. The number of carbonyl (C=O) groups excluding carboxylic acids is 9. The molecule has 1 heterocycles. The van der Waals surface area contributed by atoms with Crippen molar-refractivity contribution in [1.82, 2.24) is 10.2 Å². The van der Waals surface area contributed by atoms with Gasteiger partial charge in [-0.25, -0.2) is 16.8 Å². The van der Waals surface area contributed by atoms with Gasteiger partial charge in [-0.05, 0) is 261 Å². The first-order valence-corrected chi connectivity index (χ1v) is 54.6. The van der Waals surface area contributed by atoms with E-state index < -0.39 is 62.4 Å². The summed E-state index contributed by atoms with van der Waals surface area (Å²) in [6.07, 6.45) is 6.92. The summed E-state index contributed by atoms with van der Waals surface area (Å²) in [4.78, 5) is 123. The largest absolute Gasteiger partial charge is 0.492 e. The molecular weight excluding hydrogens is 1880 g/mol. The molecule has 2 amide bonds. The molecule has 28 nitrogen and oxygen atoms in total. The van der Waals surface area contributed by atoms with Crippen LogP contribution in [0.5, 0.6) is 11.5 Å². The van der Waals surface area contributed by atoms with Crippen LogP contribution in [-0.2, 0) is 99.7 Å². The molecule has 7 aromatic carbocycles. The molecule has 0 spiro atoms. The summed E-state index contributed by atoms with van der Waals surface area (Å²) in [6, 6.07) is 49.3. The highest BCUT2D eigenvalue weighted by Gasteiger charge is 2.63. The van der Waals surface area contributed by atoms with E-state index in [4.69, 9.17) is 56.7 Å². The molecule has 8 unspecified atom stereocenters. The number of ether oxygens (including phenoxy) is 5. The average molecular weight is 2030 g/mol. The van der Waals surface area contributed by atoms with E-state index in [0.717, 1.165) is 55.4 Å². The molecule has 16 rings (SSSR count). The lowest BCUT2D eigenvalue weighted by Gasteiger charge is -2.32. The maximum Gasteiger partial charge on any atom is 0.488 e. The monoisotopic (exact) mass is 2030 g/mol. The molecule has 0 saturated heterocycles. The number of benzene rings is 7. The summed E-state index contributed by atoms with van der Waals surface area (Å²) >= 11 is 0. The van der Waals surface area contributed by atoms with Gasteiger partial charge in [0.15, 0.2) is 31.2 Å². The van der Waals surface area contributed by atoms with Gasteiger partial charge in [0.1, 0.15) is 54.1 Å². The summed E-state index contributed by atoms with van der Waals surface area (Å²) in [5, 5.41) is 29.8. The zero-order valence-corrected chi connectivity index (χ0v) is 88.8. The van der Waals surface area contributed by atoms with Gasteiger partial charge in [0.25, 0.3) is 0 Å². The molecule has 0 radical (unpaired) electrons. The van der Waals surface area contributed by atoms with Crippen LogP contribution >= 0.6 is 0 Å². The van der Waals surface area contributed by atoms with E-state index in [1.54, 1.807) is 113 Å². The Morgan fingerprint density at radius 2 is 0.931 bits per heavy atom. The zero-order chi connectivity index (χ0) is 106. The van der Waals surface area contributed by atoms with Gasteiger partial charge < -0.3 is 66.9 Å². The number of nitrogens with one attached hydrogen (secondary N) is 1. The first-order valence-electron chi connectivity index (χ1n) is 51.3. The number of nitrogens with zero attached hydrogens (tertiary/aromatic N) is 3. The first-order chi connectivity index (χ1) is 68.6. The second kappa shape index (κ2) is 50.2. The zero-order valence-electron chi connectivity index (χ0n) is 87.2. The Morgan fingerprint density at radius 1 is 0.517 bits per heavy atom. The number of hydrogen-bond acceptors (Lipinski definition) is 26. The molecule has 31 heteroatoms. The van der Waals surface area contributed by atoms with Crippen molar-refractivity contribution in [2.45, 2.75) is 244 Å². The molecule has 4 bridgehead atoms. The number of carbonyl (C=O) groups is 9. The fourth-order valence-electron chi connectivity index (χ4n) is 21.4. The van der Waals surface area contributed by atoms with Gasteiger partial charge in [-0.1, -0.05) is 190 Å². The topological polar surface area (TPSA) is 464 Å². The molecule has 7 aromatic rings. The van der Waals surface area contributed by atoms with Crippen molar-refractivity contribution in [3.05, 3.63) is 208 Å². The summed E-state index contributed by atoms with van der Waals surface area (Å²) in [5.41, 5.74) is 35.7. The summed E-state index contributed by atoms with van der Waals surface area (Å²) in [7, 11) is -6.43. The first kappa shape index (κ1) is 114. The van der Waals surface area contributed by atoms with E-state index in [1.165, 1.54) is 32.7 Å². The van der Waals surface area contributed by atoms with Crippen LogP contribution in [0.25, 0.3) is 11.1 Å². The van der Waals surface area contributed by atoms with Gasteiger partial charge in [0, 0.05) is 93.3 Å². The lowest BCUT2D eigenvalue weighted by Crippen LogP contribution is -2.46. The number of ketones is 4. The number of rotatable bonds is 30. The van der Waals surface area contributed by atoms with E-state index in [0.29, 0.717) is 130 Å². The molecule has 1 aliphatic heterocycles. The third-order valence-electron chi connectivity index (χ3n) is 29.8. The van der Waals surface area contributed by atoms with Gasteiger partial charge in [-0.2, -0.15) is 5.26 Å². The van der Waals surface area contributed by atoms with Crippen LogP contribution in [0, 0.1) is 108 Å². The fraction of sp³-hybridized carbons (Fsp3) is 0.535. The van der Waals surface area contributed by atoms with Crippen LogP contribution in [0.2, 0.25) is 0 Å². The molecule has 9 aliphatic rings. The van der Waals surface area contributed by atoms with Gasteiger partial charge in [0.2, 0.25) is 11.8 Å². The number of nitrogens with two attached hydrogens (primary N) is 4. The van der Waals surface area contributed by atoms with E-state index in [-0.39, 0.29) is 175 Å². The Balaban J connectivity index is 0.000000197. The van der Waals surface area contributed by atoms with Crippen molar-refractivity contribution >= 4 is 90.8 Å². The number of nitriles is 1. The van der Waals surface area contributed by atoms with Crippen LogP contribution in [0.1, 0.15) is 241 Å². The Morgan fingerprint density at radius 3 is 1.35 bits per heavy atom. The molecule has 782 valence electrons. The average Bonchev–Trinajstić information content (AvgIpc) is 1.63. The van der Waals surface area contributed by atoms with Crippen molar-refractivity contribution in [1.29, 1.82) is 5.26 Å². The van der Waals surface area contributed by atoms with E-state index >= 15 is 0 Å². The molecule has 12 atom stereocenters. The third kappa shape index (κ3) is 30.0. The maximum absolute atomic E-state index is 14.7. The standard InChI is InChI=1S/C51H66N6O7.C19H26O2.C17H21NO4S.C10H15BO2.C9H12O3.C8H11NO2S/c1-30-23-44(60)48(57(5)50(62)34(16-18-53)29-43(59)47-39-27-35(28-40(39)47)32-9-12-36(13-10-32)51(2,3)4)33-11-15-46(64-22-20-55)38(26-33)37-24-31(8-14-45(37)63-21-19-54)25-41(56-49(30)61)42(58)7-6-17-52;1-5-21-18(20)17-15-10-13(11-16(15)17)12-6-8-14(9-7-12)19(2,3)4;1-3-22-17(19)16-14-8-12(9-15(14)16)18-10-23(20,21)13-6-4-11(2)5-7-13;1-10(2,3)8-4-6-9(7-5-8)11(12)13;1-2-12-9(11)8-6-3-5(10)4-7(6)8;1-7-2-4-8(5-3-7)12(10,11)6-9/h8-15,24,26,30,34-35,39-41,47-48H,6-7,16,18-23,25,27-29,53-55H2,1-5H3,(H,56,61);6-9,13,15-17H,5,10-11H2,1-4H3;4-7,14-16H,3,8-10H2,1-2H3;4-7,12-13H,1-3H3;6-8H,2-4H2,1H3;2-5H,6,9H2,1H3/t30-,34-,35?,39?,40?,41+,47?,48+;;;;;/m1...../s1. The predicted molar refractivity (Wildman–Crippen MR) is 560 cm³/mol. The predicted octanol–water partition coefficient (Wildman–Crippen LogP) is 14.5. The Kier molecular flexibility index (Phi) is 39.6. The van der Waals surface area contributed by atoms with Crippen molar-refractivity contribution in [3.8, 4) is 28.7 Å². The molecule has 145 heavy (non-hydrogen) atoms. The number of hydrogen-bond donors (Lipinski definition) is 7. The van der Waals surface area contributed by atoms with Crippen LogP contribution in [0.3, 0.4) is 0 Å². The molecule has 0 aromatic heterocycles. The molecule has 11 N–H and O–H groups in total. The molecule has 8 aliphatic carbocycles. The number of aliphatic imine (C=N–C) groups is 1. The minimum Gasteiger partial charge on any atom is -0.492 e. The minimum absolute atomic E-state index is 0.00241. The van der Waals surface area contributed by atoms with Crippen LogP contribution in [0.15, 0.2) is 173 Å². The van der Waals surface area contributed by atoms with Crippen LogP contribution < -0.4 is 43.2 Å². The highest BCUT2D eigenvalue weighted by molar-refractivity contribution is 7.91.